The topological polar surface area (TPSA) is 105 Å². The van der Waals surface area contributed by atoms with Crippen molar-refractivity contribution in [1.29, 1.82) is 0 Å². The smallest absolute Gasteiger partial charge is 0.273 e. The van der Waals surface area contributed by atoms with Crippen molar-refractivity contribution in [2.24, 2.45) is 0 Å². The van der Waals surface area contributed by atoms with Crippen LogP contribution < -0.4 is 5.32 Å². The van der Waals surface area contributed by atoms with Crippen LogP contribution in [0, 0.1) is 24.0 Å². The predicted octanol–water partition coefficient (Wildman–Crippen LogP) is 3.16. The van der Waals surface area contributed by atoms with Crippen LogP contribution in [0.1, 0.15) is 34.1 Å². The number of benzene rings is 1. The number of nitro groups is 1. The van der Waals surface area contributed by atoms with Crippen LogP contribution in [0.2, 0.25) is 0 Å². The zero-order valence-corrected chi connectivity index (χ0v) is 15.6. The Morgan fingerprint density at radius 3 is 2.65 bits per heavy atom. The number of nitrogens with one attached hydrogen (secondary N) is 1. The average Bonchev–Trinajstić information content (AvgIpc) is 2.98. The van der Waals surface area contributed by atoms with Gasteiger partial charge in [-0.2, -0.15) is 0 Å². The van der Waals surface area contributed by atoms with Crippen LogP contribution in [0.25, 0.3) is 0 Å². The molecule has 0 bridgehead atoms. The van der Waals surface area contributed by atoms with Gasteiger partial charge in [-0.3, -0.25) is 19.7 Å². The van der Waals surface area contributed by atoms with Crippen molar-refractivity contribution in [3.05, 3.63) is 50.5 Å². The Bertz CT molecular complexity index is 834. The van der Waals surface area contributed by atoms with Crippen molar-refractivity contribution in [1.82, 2.24) is 9.88 Å². The maximum absolute atomic E-state index is 12.7. The molecule has 0 fully saturated rings. The Morgan fingerprint density at radius 2 is 2.08 bits per heavy atom. The van der Waals surface area contributed by atoms with Crippen LogP contribution in [0.3, 0.4) is 0 Å². The molecule has 8 nitrogen and oxygen atoms in total. The molecule has 9 heteroatoms. The predicted molar refractivity (Wildman–Crippen MR) is 99.5 cm³/mol. The number of rotatable bonds is 7. The molecule has 2 aromatic rings. The number of hydrogen-bond acceptors (Lipinski definition) is 6. The fraction of sp³-hybridized carbons (Fsp3) is 0.353. The number of anilines is 1. The second kappa shape index (κ2) is 8.52. The molecule has 0 spiro atoms. The second-order valence-electron chi connectivity index (χ2n) is 5.81. The van der Waals surface area contributed by atoms with Gasteiger partial charge in [0.05, 0.1) is 4.92 Å². The largest absolute Gasteiger partial charge is 0.329 e. The van der Waals surface area contributed by atoms with Gasteiger partial charge in [-0.05, 0) is 26.3 Å². The van der Waals surface area contributed by atoms with Crippen LogP contribution in [0.15, 0.2) is 24.4 Å². The Balaban J connectivity index is 2.15. The molecule has 1 heterocycles. The maximum Gasteiger partial charge on any atom is 0.273 e. The summed E-state index contributed by atoms with van der Waals surface area (Å²) in [4.78, 5) is 41.9. The molecule has 0 atom stereocenters. The molecule has 2 rings (SSSR count). The van der Waals surface area contributed by atoms with Crippen molar-refractivity contribution in [2.45, 2.75) is 27.2 Å². The molecule has 0 saturated heterocycles. The zero-order chi connectivity index (χ0) is 19.3. The first-order valence-electron chi connectivity index (χ1n) is 8.08. The van der Waals surface area contributed by atoms with E-state index in [-0.39, 0.29) is 23.7 Å². The minimum atomic E-state index is -0.520. The molecule has 0 unspecified atom stereocenters. The van der Waals surface area contributed by atoms with Gasteiger partial charge in [0.1, 0.15) is 6.54 Å². The summed E-state index contributed by atoms with van der Waals surface area (Å²) in [5.74, 6) is -0.775. The highest BCUT2D eigenvalue weighted by atomic mass is 32.1. The molecule has 138 valence electrons. The molecule has 1 aromatic heterocycles. The highest BCUT2D eigenvalue weighted by molar-refractivity contribution is 7.15. The standard InChI is InChI=1S/C17H20N4O4S/c1-4-7-20(10-15(22)19-17-18-9-12(3)26-17)16(23)13-6-5-11(2)14(8-13)21(24)25/h5-6,8-9H,4,7,10H2,1-3H3,(H,18,19,22). The number of aryl methyl sites for hydroxylation is 2. The first kappa shape index (κ1) is 19.5. The van der Waals surface area contributed by atoms with Crippen LogP contribution in [-0.4, -0.2) is 39.7 Å². The van der Waals surface area contributed by atoms with Crippen LogP contribution in [-0.2, 0) is 4.79 Å². The zero-order valence-electron chi connectivity index (χ0n) is 14.8. The number of carbonyl (C=O) groups excluding carboxylic acids is 2. The van der Waals surface area contributed by atoms with E-state index in [4.69, 9.17) is 0 Å². The van der Waals surface area contributed by atoms with Crippen molar-refractivity contribution in [2.75, 3.05) is 18.4 Å². The number of nitro benzene ring substituents is 1. The fourth-order valence-electron chi connectivity index (χ4n) is 2.39. The summed E-state index contributed by atoms with van der Waals surface area (Å²) in [6.07, 6.45) is 2.31. The third-order valence-electron chi connectivity index (χ3n) is 3.64. The van der Waals surface area contributed by atoms with Gasteiger partial charge in [0.2, 0.25) is 5.91 Å². The van der Waals surface area contributed by atoms with E-state index in [0.29, 0.717) is 23.7 Å². The third kappa shape index (κ3) is 4.85. The van der Waals surface area contributed by atoms with Crippen LogP contribution in [0.4, 0.5) is 10.8 Å². The molecule has 0 aliphatic rings. The van der Waals surface area contributed by atoms with Crippen LogP contribution in [0.5, 0.6) is 0 Å². The van der Waals surface area contributed by atoms with E-state index in [2.05, 4.69) is 10.3 Å². The molecule has 0 radical (unpaired) electrons. The van der Waals surface area contributed by atoms with Gasteiger partial charge in [0, 0.05) is 34.8 Å². The number of carbonyl (C=O) groups is 2. The van der Waals surface area contributed by atoms with Gasteiger partial charge in [0.15, 0.2) is 5.13 Å². The first-order chi connectivity index (χ1) is 12.3. The lowest BCUT2D eigenvalue weighted by molar-refractivity contribution is -0.385. The Morgan fingerprint density at radius 1 is 1.35 bits per heavy atom. The number of amides is 2. The third-order valence-corrected chi connectivity index (χ3v) is 4.46. The van der Waals surface area contributed by atoms with E-state index in [1.807, 2.05) is 13.8 Å². The summed E-state index contributed by atoms with van der Waals surface area (Å²) in [6, 6.07) is 4.33. The number of thiazole rings is 1. The van der Waals surface area contributed by atoms with Gasteiger partial charge >= 0.3 is 0 Å². The second-order valence-corrected chi connectivity index (χ2v) is 7.04. The lowest BCUT2D eigenvalue weighted by atomic mass is 10.1. The van der Waals surface area contributed by atoms with E-state index in [9.17, 15) is 19.7 Å². The molecule has 1 N–H and O–H groups in total. The molecule has 1 aromatic carbocycles. The quantitative estimate of drug-likeness (QED) is 0.590. The Labute approximate surface area is 155 Å². The van der Waals surface area contributed by atoms with Gasteiger partial charge in [-0.25, -0.2) is 4.98 Å². The van der Waals surface area contributed by atoms with E-state index in [1.54, 1.807) is 13.1 Å². The molecule has 2 amide bonds. The lowest BCUT2D eigenvalue weighted by Crippen LogP contribution is -2.38. The molecule has 0 aliphatic carbocycles. The van der Waals surface area contributed by atoms with Gasteiger partial charge in [0.25, 0.3) is 11.6 Å². The van der Waals surface area contributed by atoms with Gasteiger partial charge in [-0.15, -0.1) is 11.3 Å². The normalized spacial score (nSPS) is 10.4. The summed E-state index contributed by atoms with van der Waals surface area (Å²) < 4.78 is 0. The number of nitrogens with zero attached hydrogens (tertiary/aromatic N) is 3. The first-order valence-corrected chi connectivity index (χ1v) is 8.90. The van der Waals surface area contributed by atoms with Gasteiger partial charge in [-0.1, -0.05) is 13.0 Å². The minimum absolute atomic E-state index is 0.116. The molecular weight excluding hydrogens is 356 g/mol. The highest BCUT2D eigenvalue weighted by Crippen LogP contribution is 2.21. The summed E-state index contributed by atoms with van der Waals surface area (Å²) in [5.41, 5.74) is 0.550. The number of aromatic nitrogens is 1. The maximum atomic E-state index is 12.7. The SMILES string of the molecule is CCCN(CC(=O)Nc1ncc(C)s1)C(=O)c1ccc(C)c([N+](=O)[O-])c1. The van der Waals surface area contributed by atoms with Crippen molar-refractivity contribution < 1.29 is 14.5 Å². The van der Waals surface area contributed by atoms with E-state index in [0.717, 1.165) is 4.88 Å². The lowest BCUT2D eigenvalue weighted by Gasteiger charge is -2.21. The minimum Gasteiger partial charge on any atom is -0.329 e. The van der Waals surface area contributed by atoms with Crippen molar-refractivity contribution in [3.63, 3.8) is 0 Å². The molecule has 26 heavy (non-hydrogen) atoms. The summed E-state index contributed by atoms with van der Waals surface area (Å²) in [5, 5.41) is 14.2. The van der Waals surface area contributed by atoms with Crippen molar-refractivity contribution in [3.8, 4) is 0 Å². The van der Waals surface area contributed by atoms with Crippen molar-refractivity contribution >= 4 is 34.0 Å². The Kier molecular flexibility index (Phi) is 6.40. The summed E-state index contributed by atoms with van der Waals surface area (Å²) in [7, 11) is 0. The van der Waals surface area contributed by atoms with Gasteiger partial charge < -0.3 is 10.2 Å². The fourth-order valence-corrected chi connectivity index (χ4v) is 3.07. The average molecular weight is 376 g/mol. The monoisotopic (exact) mass is 376 g/mol. The highest BCUT2D eigenvalue weighted by Gasteiger charge is 2.21. The van der Waals surface area contributed by atoms with E-state index < -0.39 is 10.8 Å². The summed E-state index contributed by atoms with van der Waals surface area (Å²) >= 11 is 1.35. The molecular formula is C17H20N4O4S. The number of hydrogen-bond donors (Lipinski definition) is 1. The summed E-state index contributed by atoms with van der Waals surface area (Å²) in [6.45, 7) is 5.60. The van der Waals surface area contributed by atoms with E-state index >= 15 is 0 Å². The van der Waals surface area contributed by atoms with Crippen LogP contribution >= 0.6 is 11.3 Å². The van der Waals surface area contributed by atoms with E-state index in [1.165, 1.54) is 34.4 Å². The Hall–Kier alpha value is -2.81. The molecule has 0 saturated carbocycles. The molecule has 0 aliphatic heterocycles.